The van der Waals surface area contributed by atoms with Crippen LogP contribution in [-0.2, 0) is 25.6 Å². The summed E-state index contributed by atoms with van der Waals surface area (Å²) >= 11 is 0. The number of hydrogen-bond acceptors (Lipinski definition) is 12. The van der Waals surface area contributed by atoms with Crippen LogP contribution < -0.4 is 4.74 Å². The first-order valence-electron chi connectivity index (χ1n) is 19.1. The third-order valence-corrected chi connectivity index (χ3v) is 6.94. The Morgan fingerprint density at radius 2 is 1.02 bits per heavy atom. The maximum atomic E-state index is 12.5. The van der Waals surface area contributed by atoms with Gasteiger partial charge in [-0.1, -0.05) is 20.5 Å². The summed E-state index contributed by atoms with van der Waals surface area (Å²) in [7, 11) is 3.71. The summed E-state index contributed by atoms with van der Waals surface area (Å²) in [6.45, 7) is 25.6. The lowest BCUT2D eigenvalue weighted by molar-refractivity contribution is 0.00594. The summed E-state index contributed by atoms with van der Waals surface area (Å²) < 4.78 is 41.7. The van der Waals surface area contributed by atoms with Gasteiger partial charge in [-0.3, -0.25) is 0 Å². The van der Waals surface area contributed by atoms with Gasteiger partial charge in [-0.25, -0.2) is 38.3 Å². The van der Waals surface area contributed by atoms with E-state index >= 15 is 0 Å². The molecular weight excluding hydrogens is 719 g/mol. The number of aromatic nitrogens is 4. The minimum atomic E-state index is -0.659. The van der Waals surface area contributed by atoms with Gasteiger partial charge < -0.3 is 38.6 Å². The van der Waals surface area contributed by atoms with Crippen molar-refractivity contribution in [1.29, 1.82) is 0 Å². The van der Waals surface area contributed by atoms with Gasteiger partial charge in [-0.2, -0.15) is 0 Å². The highest BCUT2D eigenvalue weighted by molar-refractivity contribution is 7.15. The fourth-order valence-electron chi connectivity index (χ4n) is 4.83. The highest BCUT2D eigenvalue weighted by Crippen LogP contribution is 2.32. The average molecular weight is 787 g/mol. The smallest absolute Gasteiger partial charge is 0.422 e. The molecule has 16 nitrogen and oxygen atoms in total. The first-order chi connectivity index (χ1) is 25.6. The molecule has 4 rings (SSSR count). The third kappa shape index (κ3) is 14.4. The van der Waals surface area contributed by atoms with Gasteiger partial charge in [-0.15, -0.1) is 9.24 Å². The second-order valence-corrected chi connectivity index (χ2v) is 16.2. The molecule has 0 bridgehead atoms. The summed E-state index contributed by atoms with van der Waals surface area (Å²) in [5.74, 6) is 1.12. The summed E-state index contributed by atoms with van der Waals surface area (Å²) in [5, 5.41) is 9.47. The van der Waals surface area contributed by atoms with Crippen molar-refractivity contribution < 1.29 is 50.7 Å². The molecule has 1 unspecified atom stereocenters. The van der Waals surface area contributed by atoms with Crippen LogP contribution in [0, 0.1) is 0 Å². The molecule has 1 atom stereocenters. The number of carbonyl (C=O) groups excluding carboxylic acids is 4. The first-order valence-corrected chi connectivity index (χ1v) is 18.5. The Kier molecular flexibility index (Phi) is 16.2. The summed E-state index contributed by atoms with van der Waals surface area (Å²) in [5.41, 5.74) is -2.03. The maximum absolute atomic E-state index is 12.5. The van der Waals surface area contributed by atoms with Crippen LogP contribution >= 0.6 is 9.24 Å². The highest BCUT2D eigenvalue weighted by atomic mass is 31.0. The standard InChI is InChI=1S/2C17H27N3O5.C2H6.CH5P/c1-16(2,3)24-14(21)19-9-11(10-19)13-18-8-12(23-7)20(13)15(22)25-17(4,5)6;1-16(2,3)24-14(22)19-8-11(9-19)13-18-7-12(10-21)20(13)15(23)25-17(4,5)6;2*1-2/h8,11H,9-10H2,1-7H3;7,11,21H,8-10H2,1-6H3;1-2H3;2H2,1H3/i;;2*1D. The van der Waals surface area contributed by atoms with Gasteiger partial charge >= 0.3 is 24.4 Å². The van der Waals surface area contributed by atoms with Crippen LogP contribution in [0.15, 0.2) is 12.4 Å². The number of aliphatic hydroxyl groups is 1. The number of likely N-dealkylation sites (tertiary alicyclic amines) is 2. The van der Waals surface area contributed by atoms with E-state index in [1.165, 1.54) is 28.6 Å². The number of aliphatic hydroxyl groups excluding tert-OH is 1. The zero-order valence-electron chi connectivity index (χ0n) is 36.6. The molecule has 17 heteroatoms. The van der Waals surface area contributed by atoms with Crippen LogP contribution in [0.4, 0.5) is 19.2 Å². The van der Waals surface area contributed by atoms with E-state index in [-0.39, 0.29) is 30.6 Å². The van der Waals surface area contributed by atoms with Crippen molar-refractivity contribution in [3.05, 3.63) is 29.7 Å². The Bertz CT molecular complexity index is 1460. The Morgan fingerprint density at radius 3 is 1.35 bits per heavy atom. The Hall–Kier alpha value is -3.91. The van der Waals surface area contributed by atoms with E-state index < -0.39 is 34.6 Å². The lowest BCUT2D eigenvalue weighted by atomic mass is 10.00. The van der Waals surface area contributed by atoms with Crippen molar-refractivity contribution >= 4 is 33.6 Å². The largest absolute Gasteiger partial charge is 0.481 e. The molecule has 0 aliphatic carbocycles. The van der Waals surface area contributed by atoms with Crippen LogP contribution in [-0.4, -0.2) is 121 Å². The van der Waals surface area contributed by atoms with Gasteiger partial charge in [0.2, 0.25) is 5.88 Å². The van der Waals surface area contributed by atoms with Crippen molar-refractivity contribution in [3.8, 4) is 5.88 Å². The SMILES string of the molecule is CC(C)(C)OC(=O)N1CC(c2ncc(CO)n2C(=O)OC(C)(C)C)C1.COc1cnc(C2CN(C(=O)OC(C)(C)C)C2)n1C(=O)OC(C)(C)C.[2H]CC.[2H]CP. The van der Waals surface area contributed by atoms with Crippen LogP contribution in [0.2, 0.25) is 0 Å². The monoisotopic (exact) mass is 786 g/mol. The van der Waals surface area contributed by atoms with E-state index in [0.29, 0.717) is 62.9 Å². The molecule has 2 aromatic rings. The van der Waals surface area contributed by atoms with Crippen LogP contribution in [0.1, 0.15) is 129 Å². The number of imidazole rings is 2. The molecule has 1 N–H and O–H groups in total. The van der Waals surface area contributed by atoms with Crippen molar-refractivity contribution in [2.45, 2.75) is 138 Å². The van der Waals surface area contributed by atoms with Gasteiger partial charge in [0.25, 0.3) is 0 Å². The number of nitrogens with zero attached hydrogens (tertiary/aromatic N) is 6. The molecule has 2 saturated heterocycles. The van der Waals surface area contributed by atoms with Crippen molar-refractivity contribution in [2.75, 3.05) is 39.9 Å². The van der Waals surface area contributed by atoms with E-state index in [1.807, 2.05) is 41.5 Å². The average Bonchev–Trinajstić information content (AvgIpc) is 3.58. The molecule has 2 aliphatic heterocycles. The quantitative estimate of drug-likeness (QED) is 0.248. The van der Waals surface area contributed by atoms with E-state index in [0.717, 1.165) is 0 Å². The zero-order valence-corrected chi connectivity index (χ0v) is 35.8. The summed E-state index contributed by atoms with van der Waals surface area (Å²) in [6.07, 6.45) is 1.05. The van der Waals surface area contributed by atoms with E-state index in [4.69, 9.17) is 26.4 Å². The maximum Gasteiger partial charge on any atom is 0.422 e. The lowest BCUT2D eigenvalue weighted by Gasteiger charge is -2.39. The Balaban J connectivity index is 0.000000491. The van der Waals surface area contributed by atoms with Crippen molar-refractivity contribution in [3.63, 3.8) is 0 Å². The van der Waals surface area contributed by atoms with Gasteiger partial charge in [0.1, 0.15) is 34.1 Å². The minimum Gasteiger partial charge on any atom is -0.481 e. The van der Waals surface area contributed by atoms with Gasteiger partial charge in [0, 0.05) is 28.9 Å². The molecule has 308 valence electrons. The molecule has 2 fully saturated rings. The lowest BCUT2D eigenvalue weighted by Crippen LogP contribution is -2.51. The molecule has 0 saturated carbocycles. The molecule has 4 heterocycles. The number of methoxy groups -OCH3 is 1. The molecule has 0 spiro atoms. The zero-order chi connectivity index (χ0) is 43.4. The topological polar surface area (TPSA) is 177 Å². The fraction of sp³-hybridized carbons (Fsp3) is 0.730. The number of amides is 2. The predicted octanol–water partition coefficient (Wildman–Crippen LogP) is 7.02. The molecule has 0 radical (unpaired) electrons. The van der Waals surface area contributed by atoms with Gasteiger partial charge in [-0.05, 0) is 83.1 Å². The predicted molar refractivity (Wildman–Crippen MR) is 208 cm³/mol. The van der Waals surface area contributed by atoms with E-state index in [2.05, 4.69) is 19.2 Å². The van der Waals surface area contributed by atoms with Crippen LogP contribution in [0.5, 0.6) is 5.88 Å². The molecule has 54 heavy (non-hydrogen) atoms. The Morgan fingerprint density at radius 1 is 0.704 bits per heavy atom. The van der Waals surface area contributed by atoms with E-state index in [1.54, 1.807) is 58.3 Å². The van der Waals surface area contributed by atoms with Crippen LogP contribution in [0.3, 0.4) is 0 Å². The number of ether oxygens (including phenoxy) is 5. The second kappa shape index (κ2) is 19.6. The Labute approximate surface area is 326 Å². The van der Waals surface area contributed by atoms with Crippen molar-refractivity contribution in [2.24, 2.45) is 0 Å². The van der Waals surface area contributed by atoms with E-state index in [9.17, 15) is 24.3 Å². The van der Waals surface area contributed by atoms with Gasteiger partial charge in [0.05, 0.1) is 43.6 Å². The fourth-order valence-corrected chi connectivity index (χ4v) is 4.83. The molecule has 2 amide bonds. The second-order valence-electron chi connectivity index (χ2n) is 16.2. The summed E-state index contributed by atoms with van der Waals surface area (Å²) in [6, 6.07) is 0. The first kappa shape index (κ1) is 44.5. The molecule has 2 aromatic heterocycles. The minimum absolute atomic E-state index is 0.0797. The normalized spacial score (nSPS) is 15.2. The summed E-state index contributed by atoms with van der Waals surface area (Å²) in [4.78, 5) is 60.7. The number of rotatable bonds is 4. The number of carbonyl (C=O) groups is 4. The molecular formula is C37H65N6O10P. The molecule has 2 aliphatic rings. The number of hydrogen-bond donors (Lipinski definition) is 1. The molecule has 0 aromatic carbocycles. The van der Waals surface area contributed by atoms with Crippen molar-refractivity contribution in [1.82, 2.24) is 28.9 Å². The van der Waals surface area contributed by atoms with Gasteiger partial charge in [0.15, 0.2) is 0 Å². The third-order valence-electron chi connectivity index (χ3n) is 6.94. The highest BCUT2D eigenvalue weighted by Gasteiger charge is 2.40. The van der Waals surface area contributed by atoms with Crippen LogP contribution in [0.25, 0.3) is 0 Å².